The molecule has 3 aliphatic rings. The molecular formula is C24H26FN5O2. The smallest absolute Gasteiger partial charge is 0.248 e. The summed E-state index contributed by atoms with van der Waals surface area (Å²) in [5.74, 6) is 0.835. The highest BCUT2D eigenvalue weighted by molar-refractivity contribution is 5.78. The van der Waals surface area contributed by atoms with Gasteiger partial charge in [0.1, 0.15) is 35.6 Å². The topological polar surface area (TPSA) is 82.4 Å². The third-order valence-electron chi connectivity index (χ3n) is 7.21. The molecule has 1 saturated carbocycles. The SMILES string of the molecule is C[C@H]1CC2CN(C(=O)COC3(c4ncccc4F)CCC3)CC1N2c1ccc(C#N)cn1. The fraction of sp³-hybridized carbons (Fsp3) is 0.500. The van der Waals surface area contributed by atoms with Gasteiger partial charge in [-0.3, -0.25) is 9.78 Å². The van der Waals surface area contributed by atoms with Crippen LogP contribution in [0.25, 0.3) is 0 Å². The van der Waals surface area contributed by atoms with E-state index in [1.165, 1.54) is 6.07 Å². The van der Waals surface area contributed by atoms with Crippen molar-refractivity contribution in [2.24, 2.45) is 5.92 Å². The van der Waals surface area contributed by atoms with Crippen LogP contribution in [0, 0.1) is 23.1 Å². The number of amides is 1. The Kier molecular flexibility index (Phi) is 5.30. The van der Waals surface area contributed by atoms with Crippen LogP contribution < -0.4 is 4.90 Å². The summed E-state index contributed by atoms with van der Waals surface area (Å²) < 4.78 is 20.4. The summed E-state index contributed by atoms with van der Waals surface area (Å²) in [7, 11) is 0. The highest BCUT2D eigenvalue weighted by Gasteiger charge is 2.47. The molecule has 0 aromatic carbocycles. The van der Waals surface area contributed by atoms with Crippen LogP contribution in [0.4, 0.5) is 10.2 Å². The number of aromatic nitrogens is 2. The molecule has 3 atom stereocenters. The van der Waals surface area contributed by atoms with E-state index in [4.69, 9.17) is 10.00 Å². The average Bonchev–Trinajstić information content (AvgIpc) is 2.98. The van der Waals surface area contributed by atoms with Gasteiger partial charge in [0.2, 0.25) is 5.91 Å². The van der Waals surface area contributed by atoms with Gasteiger partial charge in [-0.15, -0.1) is 0 Å². The number of anilines is 1. The van der Waals surface area contributed by atoms with Gasteiger partial charge in [0.05, 0.1) is 11.6 Å². The number of fused-ring (bicyclic) bond motifs is 2. The van der Waals surface area contributed by atoms with Crippen molar-refractivity contribution in [2.45, 2.75) is 50.3 Å². The van der Waals surface area contributed by atoms with Crippen LogP contribution in [0.1, 0.15) is 43.9 Å². The van der Waals surface area contributed by atoms with Crippen molar-refractivity contribution in [3.05, 3.63) is 53.7 Å². The molecule has 3 fully saturated rings. The minimum atomic E-state index is -0.790. The fourth-order valence-corrected chi connectivity index (χ4v) is 5.35. The number of nitrogens with zero attached hydrogens (tertiary/aromatic N) is 5. The first-order chi connectivity index (χ1) is 15.5. The number of nitriles is 1. The largest absolute Gasteiger partial charge is 0.359 e. The number of ether oxygens (including phenoxy) is 1. The summed E-state index contributed by atoms with van der Waals surface area (Å²) in [5, 5.41) is 9.03. The molecule has 4 heterocycles. The first kappa shape index (κ1) is 20.8. The number of pyridine rings is 2. The lowest BCUT2D eigenvalue weighted by Crippen LogP contribution is -2.57. The molecule has 5 rings (SSSR count). The molecule has 0 N–H and O–H groups in total. The highest BCUT2D eigenvalue weighted by atomic mass is 19.1. The quantitative estimate of drug-likeness (QED) is 0.718. The summed E-state index contributed by atoms with van der Waals surface area (Å²) in [4.78, 5) is 25.9. The summed E-state index contributed by atoms with van der Waals surface area (Å²) in [5.41, 5.74) is 0.0560. The van der Waals surface area contributed by atoms with Crippen molar-refractivity contribution in [1.82, 2.24) is 14.9 Å². The minimum Gasteiger partial charge on any atom is -0.359 e. The van der Waals surface area contributed by atoms with Gasteiger partial charge in [0.25, 0.3) is 0 Å². The number of carbonyl (C=O) groups excluding carboxylic acids is 1. The number of carbonyl (C=O) groups is 1. The van der Waals surface area contributed by atoms with Gasteiger partial charge in [-0.25, -0.2) is 9.37 Å². The lowest BCUT2D eigenvalue weighted by Gasteiger charge is -2.44. The van der Waals surface area contributed by atoms with E-state index in [0.717, 1.165) is 18.7 Å². The molecule has 166 valence electrons. The van der Waals surface area contributed by atoms with Gasteiger partial charge >= 0.3 is 0 Å². The van der Waals surface area contributed by atoms with Crippen molar-refractivity contribution >= 4 is 11.7 Å². The van der Waals surface area contributed by atoms with E-state index in [2.05, 4.69) is 27.9 Å². The minimum absolute atomic E-state index is 0.0656. The lowest BCUT2D eigenvalue weighted by atomic mass is 9.77. The molecule has 8 heteroatoms. The third-order valence-corrected chi connectivity index (χ3v) is 7.21. The van der Waals surface area contributed by atoms with Crippen LogP contribution in [-0.2, 0) is 15.1 Å². The second-order valence-corrected chi connectivity index (χ2v) is 9.13. The molecule has 2 saturated heterocycles. The van der Waals surface area contributed by atoms with Crippen LogP contribution in [0.3, 0.4) is 0 Å². The number of halogens is 1. The van der Waals surface area contributed by atoms with Gasteiger partial charge in [-0.1, -0.05) is 6.92 Å². The van der Waals surface area contributed by atoms with Crippen molar-refractivity contribution in [3.8, 4) is 6.07 Å². The molecule has 7 nitrogen and oxygen atoms in total. The van der Waals surface area contributed by atoms with Crippen LogP contribution in [0.5, 0.6) is 0 Å². The summed E-state index contributed by atoms with van der Waals surface area (Å²) >= 11 is 0. The van der Waals surface area contributed by atoms with Crippen LogP contribution >= 0.6 is 0 Å². The Morgan fingerprint density at radius 3 is 2.78 bits per heavy atom. The Bertz CT molecular complexity index is 1050. The molecule has 2 bridgehead atoms. The molecule has 2 unspecified atom stereocenters. The highest BCUT2D eigenvalue weighted by Crippen LogP contribution is 2.45. The third kappa shape index (κ3) is 3.51. The number of hydrogen-bond acceptors (Lipinski definition) is 6. The number of hydrogen-bond donors (Lipinski definition) is 0. The molecule has 2 aromatic rings. The lowest BCUT2D eigenvalue weighted by molar-refractivity contribution is -0.155. The van der Waals surface area contributed by atoms with E-state index in [1.54, 1.807) is 24.5 Å². The van der Waals surface area contributed by atoms with Crippen molar-refractivity contribution in [1.29, 1.82) is 5.26 Å². The van der Waals surface area contributed by atoms with Gasteiger partial charge < -0.3 is 14.5 Å². The molecule has 1 aliphatic carbocycles. The molecule has 1 amide bonds. The Hall–Kier alpha value is -3.05. The number of piperazine rings is 1. The van der Waals surface area contributed by atoms with E-state index < -0.39 is 5.60 Å². The molecule has 32 heavy (non-hydrogen) atoms. The Morgan fingerprint density at radius 1 is 1.31 bits per heavy atom. The van der Waals surface area contributed by atoms with E-state index in [1.807, 2.05) is 11.0 Å². The number of rotatable bonds is 5. The molecule has 0 spiro atoms. The first-order valence-corrected chi connectivity index (χ1v) is 11.2. The molecule has 2 aliphatic heterocycles. The maximum absolute atomic E-state index is 14.3. The predicted octanol–water partition coefficient (Wildman–Crippen LogP) is 3.01. The second kappa shape index (κ2) is 8.14. The maximum Gasteiger partial charge on any atom is 0.248 e. The normalized spacial score (nSPS) is 25.8. The fourth-order valence-electron chi connectivity index (χ4n) is 5.35. The van der Waals surface area contributed by atoms with Crippen LogP contribution in [-0.4, -0.2) is 52.6 Å². The zero-order valence-corrected chi connectivity index (χ0v) is 18.1. The van der Waals surface area contributed by atoms with E-state index in [-0.39, 0.29) is 30.4 Å². The summed E-state index contributed by atoms with van der Waals surface area (Å²) in [6.07, 6.45) is 6.43. The van der Waals surface area contributed by atoms with Gasteiger partial charge in [-0.05, 0) is 55.9 Å². The molecular weight excluding hydrogens is 409 g/mol. The van der Waals surface area contributed by atoms with Gasteiger partial charge in [0.15, 0.2) is 0 Å². The Morgan fingerprint density at radius 2 is 2.16 bits per heavy atom. The van der Waals surface area contributed by atoms with Gasteiger partial charge in [0, 0.05) is 31.5 Å². The van der Waals surface area contributed by atoms with Crippen LogP contribution in [0.2, 0.25) is 0 Å². The van der Waals surface area contributed by atoms with E-state index in [9.17, 15) is 9.18 Å². The number of likely N-dealkylation sites (tertiary alicyclic amines) is 1. The molecule has 2 aromatic heterocycles. The predicted molar refractivity (Wildman–Crippen MR) is 115 cm³/mol. The Labute approximate surface area is 186 Å². The maximum atomic E-state index is 14.3. The monoisotopic (exact) mass is 435 g/mol. The van der Waals surface area contributed by atoms with Crippen molar-refractivity contribution in [2.75, 3.05) is 24.6 Å². The summed E-state index contributed by atoms with van der Waals surface area (Å²) in [6, 6.07) is 9.08. The second-order valence-electron chi connectivity index (χ2n) is 9.13. The van der Waals surface area contributed by atoms with E-state index in [0.29, 0.717) is 43.1 Å². The zero-order valence-electron chi connectivity index (χ0n) is 18.1. The van der Waals surface area contributed by atoms with Crippen LogP contribution in [0.15, 0.2) is 36.7 Å². The van der Waals surface area contributed by atoms with Gasteiger partial charge in [-0.2, -0.15) is 5.26 Å². The van der Waals surface area contributed by atoms with Crippen molar-refractivity contribution < 1.29 is 13.9 Å². The first-order valence-electron chi connectivity index (χ1n) is 11.2. The zero-order chi connectivity index (χ0) is 22.3. The molecule has 0 radical (unpaired) electrons. The Balaban J connectivity index is 1.26. The van der Waals surface area contributed by atoms with Crippen molar-refractivity contribution in [3.63, 3.8) is 0 Å². The summed E-state index contributed by atoms with van der Waals surface area (Å²) in [6.45, 7) is 3.35. The standard InChI is InChI=1S/C24H26FN5O2/c1-16-10-18-13-29(14-20(16)30(18)21-6-5-17(11-26)12-28-21)22(31)15-32-24(7-3-8-24)23-19(25)4-2-9-27-23/h2,4-6,9,12,16,18,20H,3,7-8,10,13-15H2,1H3/t16-,18?,20?/m0/s1. The average molecular weight is 436 g/mol. The van der Waals surface area contributed by atoms with E-state index >= 15 is 0 Å².